The standard InChI is InChI=1S/C19H18O.C17H20OS.C16H20O.C15H18O.C14H16O2.C14H16OS/c1-12-15-8-4-3-7-14(15)11-17(12)19-13(2)20-18-10-6-5-9-16(18)19;1-10-12(3)19-13(4)17(10)15-9-18-16-8-6-5-7-14(16)11(15)2;1-11-7-3-4-8-13(11)16-12(2)17-15-10-6-5-9-14(15)16;1-10-6-5-8-12(10)15-11(2)16-14-9-4-3-7-13(14)15;1-9-7-15-8-12(9)14-10(2)16-13-6-4-3-5-11(13)14;1-9-7-16-8-12(9)14-10(2)15-13-6-4-3-5-11(13)14/h3-10,12,17H,11H2,1-2H3;5-8,11,15H,9H2,1-4H3;5-6,9-11,13H,3-4,7-8H2,1-2H3;3-4,7,9-10,12H,5-6,8H2,1-2H3;2*3-6,9,12H,7-8H2,1-2H3/t12-,17?;11-,15?;11-,13?;10-,12?;2*9-,12?/m111111/s1. The molecule has 6 aromatic heterocycles. The van der Waals surface area contributed by atoms with Crippen molar-refractivity contribution in [3.63, 3.8) is 0 Å². The van der Waals surface area contributed by atoms with Gasteiger partial charge in [0.2, 0.25) is 0 Å². The zero-order valence-corrected chi connectivity index (χ0v) is 65.6. The molecule has 104 heavy (non-hydrogen) atoms. The summed E-state index contributed by atoms with van der Waals surface area (Å²) in [6.07, 6.45) is 10.6. The topological polar surface area (TPSA) is 84.2 Å². The minimum Gasteiger partial charge on any atom is -0.493 e. The van der Waals surface area contributed by atoms with Crippen LogP contribution in [0.4, 0.5) is 0 Å². The van der Waals surface area contributed by atoms with Gasteiger partial charge in [-0.25, -0.2) is 0 Å². The first-order chi connectivity index (χ1) is 50.4. The summed E-state index contributed by atoms with van der Waals surface area (Å²) in [7, 11) is 0. The van der Waals surface area contributed by atoms with E-state index < -0.39 is 0 Å². The zero-order chi connectivity index (χ0) is 72.4. The Hall–Kier alpha value is -7.95. The van der Waals surface area contributed by atoms with Crippen LogP contribution in [0, 0.1) is 79.1 Å². The molecule has 0 spiro atoms. The number of hydrogen-bond acceptors (Lipinski definition) is 9. The van der Waals surface area contributed by atoms with E-state index in [1.165, 1.54) is 149 Å². The van der Waals surface area contributed by atoms with Gasteiger partial charge in [0.25, 0.3) is 0 Å². The fraction of sp³-hybridized carbons (Fsp3) is 0.411. The second-order valence-electron chi connectivity index (χ2n) is 31.3. The Morgan fingerprint density at radius 1 is 0.317 bits per heavy atom. The van der Waals surface area contributed by atoms with Gasteiger partial charge in [-0.05, 0) is 198 Å². The van der Waals surface area contributed by atoms with E-state index in [0.717, 1.165) is 106 Å². The molecule has 19 rings (SSSR count). The lowest BCUT2D eigenvalue weighted by Gasteiger charge is -2.32. The predicted molar refractivity (Wildman–Crippen MR) is 436 cm³/mol. The van der Waals surface area contributed by atoms with Crippen molar-refractivity contribution in [3.8, 4) is 5.75 Å². The Labute approximate surface area is 625 Å². The minimum absolute atomic E-state index is 0.486. The normalized spacial score (nSPS) is 23.9. The first-order valence-corrected chi connectivity index (χ1v) is 40.8. The van der Waals surface area contributed by atoms with Crippen LogP contribution < -0.4 is 4.74 Å². The monoisotopic (exact) mass is 1420 g/mol. The molecule has 13 aromatic rings. The molecular weight excluding hydrogens is 1320 g/mol. The second kappa shape index (κ2) is 32.0. The highest BCUT2D eigenvalue weighted by Crippen LogP contribution is 2.51. The van der Waals surface area contributed by atoms with Gasteiger partial charge >= 0.3 is 0 Å². The molecule has 9 heterocycles. The number of benzene rings is 7. The van der Waals surface area contributed by atoms with E-state index in [1.54, 1.807) is 0 Å². The molecule has 6 aliphatic rings. The largest absolute Gasteiger partial charge is 0.493 e. The van der Waals surface area contributed by atoms with Crippen LogP contribution in [-0.2, 0) is 11.2 Å². The number of para-hydroxylation sites is 6. The quantitative estimate of drug-likeness (QED) is 0.163. The van der Waals surface area contributed by atoms with Crippen molar-refractivity contribution in [1.82, 2.24) is 0 Å². The molecule has 4 fully saturated rings. The predicted octanol–water partition coefficient (Wildman–Crippen LogP) is 27.5. The van der Waals surface area contributed by atoms with Gasteiger partial charge in [0.15, 0.2) is 0 Å². The van der Waals surface area contributed by atoms with Crippen LogP contribution in [0.2, 0.25) is 0 Å². The average Bonchev–Trinajstić information content (AvgIpc) is 1.65. The van der Waals surface area contributed by atoms with Gasteiger partial charge in [0.05, 0.1) is 13.2 Å². The Morgan fingerprint density at radius 2 is 0.721 bits per heavy atom. The van der Waals surface area contributed by atoms with Crippen molar-refractivity contribution in [3.05, 3.63) is 264 Å². The Morgan fingerprint density at radius 3 is 1.15 bits per heavy atom. The molecule has 9 heteroatoms. The lowest BCUT2D eigenvalue weighted by atomic mass is 9.76. The molecule has 0 N–H and O–H groups in total. The maximum atomic E-state index is 5.98. The van der Waals surface area contributed by atoms with Gasteiger partial charge in [0, 0.05) is 94.6 Å². The number of fused-ring (bicyclic) bond motifs is 7. The first kappa shape index (κ1) is 73.0. The first-order valence-electron chi connectivity index (χ1n) is 38.8. The zero-order valence-electron chi connectivity index (χ0n) is 64.0. The number of ether oxygens (including phenoxy) is 2. The van der Waals surface area contributed by atoms with Gasteiger partial charge in [-0.3, -0.25) is 0 Å². The van der Waals surface area contributed by atoms with Crippen LogP contribution in [-0.4, -0.2) is 31.3 Å². The third-order valence-electron chi connectivity index (χ3n) is 24.7. The van der Waals surface area contributed by atoms with Crippen molar-refractivity contribution < 1.29 is 31.6 Å². The van der Waals surface area contributed by atoms with E-state index in [9.17, 15) is 0 Å². The maximum absolute atomic E-state index is 5.98. The summed E-state index contributed by atoms with van der Waals surface area (Å²) >= 11 is 3.98. The highest BCUT2D eigenvalue weighted by Gasteiger charge is 2.37. The van der Waals surface area contributed by atoms with Gasteiger partial charge in [-0.2, -0.15) is 11.8 Å². The SMILES string of the molecule is Cc1oc2ccccc2c1C1CCCC[C@H]1C.Cc1oc2ccccc2c1C1CCC[C@H]1C.Cc1oc2ccccc2c1C1COC[C@H]1C.Cc1oc2ccccc2c1C1CSC[C@H]1C.Cc1oc2ccccc2c1C1Cc2ccccc2[C@H]1C.Cc1sc(C)c(C2COc3ccccc3[C@H]2C)c1C. The lowest BCUT2D eigenvalue weighted by Crippen LogP contribution is -2.23. The number of thioether (sulfide) groups is 1. The van der Waals surface area contributed by atoms with Crippen LogP contribution in [0.3, 0.4) is 0 Å². The number of aryl methyl sites for hydroxylation is 7. The van der Waals surface area contributed by atoms with E-state index >= 15 is 0 Å². The molecule has 0 amide bonds. The molecule has 2 saturated heterocycles. The number of rotatable bonds is 6. The summed E-state index contributed by atoms with van der Waals surface area (Å²) in [5.41, 5.74) is 19.6. The molecule has 7 aromatic carbocycles. The Balaban J connectivity index is 0.000000106. The van der Waals surface area contributed by atoms with Crippen LogP contribution in [0.15, 0.2) is 192 Å². The summed E-state index contributed by atoms with van der Waals surface area (Å²) in [6, 6.07) is 59.3. The third-order valence-corrected chi connectivity index (χ3v) is 27.2. The average molecular weight is 1430 g/mol. The van der Waals surface area contributed by atoms with Crippen molar-refractivity contribution in [2.24, 2.45) is 23.7 Å². The van der Waals surface area contributed by atoms with Crippen molar-refractivity contribution in [2.45, 2.75) is 196 Å². The second-order valence-corrected chi connectivity index (χ2v) is 33.8. The maximum Gasteiger partial charge on any atom is 0.134 e. The lowest BCUT2D eigenvalue weighted by molar-refractivity contribution is 0.186. The molecule has 12 atom stereocenters. The van der Waals surface area contributed by atoms with E-state index in [0.29, 0.717) is 53.3 Å². The van der Waals surface area contributed by atoms with Gasteiger partial charge < -0.3 is 31.6 Å². The number of thiophene rings is 1. The summed E-state index contributed by atoms with van der Waals surface area (Å²) in [4.78, 5) is 2.90. The fourth-order valence-corrected chi connectivity index (χ4v) is 21.6. The van der Waals surface area contributed by atoms with E-state index in [4.69, 9.17) is 31.6 Å². The molecule has 2 saturated carbocycles. The van der Waals surface area contributed by atoms with E-state index in [1.807, 2.05) is 41.7 Å². The van der Waals surface area contributed by atoms with Crippen molar-refractivity contribution in [2.75, 3.05) is 31.3 Å². The summed E-state index contributed by atoms with van der Waals surface area (Å²) < 4.78 is 40.9. The summed E-state index contributed by atoms with van der Waals surface area (Å²) in [6.45, 7) is 33.7. The van der Waals surface area contributed by atoms with E-state index in [2.05, 4.69) is 248 Å². The highest BCUT2D eigenvalue weighted by molar-refractivity contribution is 7.99. The number of hydrogen-bond donors (Lipinski definition) is 0. The van der Waals surface area contributed by atoms with Gasteiger partial charge in [-0.1, -0.05) is 207 Å². The fourth-order valence-electron chi connectivity index (χ4n) is 19.0. The van der Waals surface area contributed by atoms with Crippen molar-refractivity contribution in [1.29, 1.82) is 0 Å². The Bertz CT molecular complexity index is 4850. The third kappa shape index (κ3) is 14.7. The van der Waals surface area contributed by atoms with Gasteiger partial charge in [-0.15, -0.1) is 11.3 Å². The van der Waals surface area contributed by atoms with Crippen LogP contribution in [0.25, 0.3) is 54.8 Å². The summed E-state index contributed by atoms with van der Waals surface area (Å²) in [5, 5.41) is 6.53. The molecule has 6 unspecified atom stereocenters. The number of furan rings is 5. The van der Waals surface area contributed by atoms with Crippen LogP contribution in [0.5, 0.6) is 5.75 Å². The molecule has 7 nitrogen and oxygen atoms in total. The smallest absolute Gasteiger partial charge is 0.134 e. The van der Waals surface area contributed by atoms with Crippen LogP contribution in [0.1, 0.15) is 228 Å². The molecule has 542 valence electrons. The molecule has 0 bridgehead atoms. The molecular formula is C95H108O7S2. The van der Waals surface area contributed by atoms with Crippen molar-refractivity contribution >= 4 is 77.9 Å². The highest BCUT2D eigenvalue weighted by atomic mass is 32.2. The molecule has 0 radical (unpaired) electrons. The Kier molecular flexibility index (Phi) is 22.5. The van der Waals surface area contributed by atoms with E-state index in [-0.39, 0.29) is 0 Å². The van der Waals surface area contributed by atoms with Crippen LogP contribution >= 0.6 is 23.1 Å². The molecule has 3 aliphatic carbocycles. The molecule has 3 aliphatic heterocycles. The summed E-state index contributed by atoms with van der Waals surface area (Å²) in [5.74, 6) is 16.7. The van der Waals surface area contributed by atoms with Gasteiger partial charge in [0.1, 0.15) is 62.5 Å². The minimum atomic E-state index is 0.486.